The Bertz CT molecular complexity index is 699. The minimum atomic E-state index is -3.43. The molecular weight excluding hydrogens is 322 g/mol. The SMILES string of the molecule is CNC(=O)[C@H]1CN(C(=O)c2cnn(C)c2)CCN(S(C)(=O)=O)C1. The van der Waals surface area contributed by atoms with Gasteiger partial charge in [0.15, 0.2) is 0 Å². The van der Waals surface area contributed by atoms with Crippen LogP contribution in [0.5, 0.6) is 0 Å². The minimum absolute atomic E-state index is 0.0648. The van der Waals surface area contributed by atoms with E-state index in [1.165, 1.54) is 27.1 Å². The number of amides is 2. The summed E-state index contributed by atoms with van der Waals surface area (Å²) in [6.45, 7) is 0.626. The van der Waals surface area contributed by atoms with Gasteiger partial charge in [-0.3, -0.25) is 14.3 Å². The topological polar surface area (TPSA) is 105 Å². The highest BCUT2D eigenvalue weighted by Crippen LogP contribution is 2.15. The van der Waals surface area contributed by atoms with Crippen LogP contribution in [0.4, 0.5) is 0 Å². The molecule has 1 fully saturated rings. The molecule has 1 aliphatic heterocycles. The lowest BCUT2D eigenvalue weighted by molar-refractivity contribution is -0.124. The Morgan fingerprint density at radius 1 is 1.30 bits per heavy atom. The van der Waals surface area contributed by atoms with Crippen molar-refractivity contribution in [2.24, 2.45) is 13.0 Å². The average Bonchev–Trinajstić information content (AvgIpc) is 2.78. The zero-order valence-electron chi connectivity index (χ0n) is 13.4. The van der Waals surface area contributed by atoms with Crippen molar-refractivity contribution in [2.75, 3.05) is 39.5 Å². The van der Waals surface area contributed by atoms with E-state index in [1.807, 2.05) is 0 Å². The molecule has 1 aliphatic rings. The van der Waals surface area contributed by atoms with E-state index in [9.17, 15) is 18.0 Å². The molecule has 0 aliphatic carbocycles. The van der Waals surface area contributed by atoms with Gasteiger partial charge in [-0.15, -0.1) is 0 Å². The first-order valence-electron chi connectivity index (χ1n) is 7.17. The molecule has 23 heavy (non-hydrogen) atoms. The van der Waals surface area contributed by atoms with Crippen molar-refractivity contribution in [2.45, 2.75) is 0 Å². The van der Waals surface area contributed by atoms with Gasteiger partial charge >= 0.3 is 0 Å². The second-order valence-electron chi connectivity index (χ2n) is 5.59. The van der Waals surface area contributed by atoms with Crippen LogP contribution in [-0.4, -0.2) is 78.7 Å². The monoisotopic (exact) mass is 343 g/mol. The van der Waals surface area contributed by atoms with Crippen LogP contribution in [0.3, 0.4) is 0 Å². The maximum Gasteiger partial charge on any atom is 0.257 e. The van der Waals surface area contributed by atoms with Gasteiger partial charge in [0.2, 0.25) is 15.9 Å². The average molecular weight is 343 g/mol. The van der Waals surface area contributed by atoms with Gasteiger partial charge in [-0.2, -0.15) is 9.40 Å². The summed E-state index contributed by atoms with van der Waals surface area (Å²) in [7, 11) is -0.237. The molecule has 0 bridgehead atoms. The van der Waals surface area contributed by atoms with Crippen molar-refractivity contribution >= 4 is 21.8 Å². The molecule has 0 unspecified atom stereocenters. The third-order valence-corrected chi connectivity index (χ3v) is 5.08. The van der Waals surface area contributed by atoms with Crippen molar-refractivity contribution in [3.05, 3.63) is 18.0 Å². The molecule has 2 amide bonds. The fourth-order valence-corrected chi connectivity index (χ4v) is 3.42. The Hall–Kier alpha value is -1.94. The summed E-state index contributed by atoms with van der Waals surface area (Å²) in [5.74, 6) is -1.16. The van der Waals surface area contributed by atoms with Gasteiger partial charge in [0.1, 0.15) is 0 Å². The first-order chi connectivity index (χ1) is 10.7. The molecule has 0 aromatic carbocycles. The number of rotatable bonds is 3. The Labute approximate surface area is 135 Å². The number of carbonyl (C=O) groups excluding carboxylic acids is 2. The van der Waals surface area contributed by atoms with E-state index in [0.29, 0.717) is 5.56 Å². The van der Waals surface area contributed by atoms with Crippen LogP contribution >= 0.6 is 0 Å². The lowest BCUT2D eigenvalue weighted by Crippen LogP contribution is -2.42. The quantitative estimate of drug-likeness (QED) is 0.719. The van der Waals surface area contributed by atoms with Crippen molar-refractivity contribution in [3.63, 3.8) is 0 Å². The Morgan fingerprint density at radius 3 is 2.52 bits per heavy atom. The summed E-state index contributed by atoms with van der Waals surface area (Å²) < 4.78 is 26.4. The largest absolute Gasteiger partial charge is 0.359 e. The van der Waals surface area contributed by atoms with Crippen LogP contribution in [0.1, 0.15) is 10.4 Å². The predicted octanol–water partition coefficient (Wildman–Crippen LogP) is -1.50. The highest BCUT2D eigenvalue weighted by atomic mass is 32.2. The van der Waals surface area contributed by atoms with Crippen molar-refractivity contribution < 1.29 is 18.0 Å². The highest BCUT2D eigenvalue weighted by molar-refractivity contribution is 7.88. The molecule has 1 N–H and O–H groups in total. The van der Waals surface area contributed by atoms with Gasteiger partial charge in [-0.05, 0) is 0 Å². The summed E-state index contributed by atoms with van der Waals surface area (Å²) in [4.78, 5) is 26.1. The molecular formula is C13H21N5O4S. The van der Waals surface area contributed by atoms with Crippen LogP contribution in [0.2, 0.25) is 0 Å². The normalized spacial score (nSPS) is 20.1. The summed E-state index contributed by atoms with van der Waals surface area (Å²) in [5, 5.41) is 6.49. The molecule has 0 radical (unpaired) electrons. The molecule has 9 nitrogen and oxygen atoms in total. The fraction of sp³-hybridized carbons (Fsp3) is 0.615. The van der Waals surface area contributed by atoms with E-state index in [4.69, 9.17) is 0 Å². The third-order valence-electron chi connectivity index (χ3n) is 3.81. The van der Waals surface area contributed by atoms with Gasteiger partial charge in [-0.1, -0.05) is 0 Å². The van der Waals surface area contributed by atoms with E-state index >= 15 is 0 Å². The smallest absolute Gasteiger partial charge is 0.257 e. The molecule has 0 spiro atoms. The summed E-state index contributed by atoms with van der Waals surface area (Å²) in [6, 6.07) is 0. The van der Waals surface area contributed by atoms with Gasteiger partial charge in [-0.25, -0.2) is 8.42 Å². The number of hydrogen-bond donors (Lipinski definition) is 1. The number of nitrogens with zero attached hydrogens (tertiary/aromatic N) is 4. The number of sulfonamides is 1. The molecule has 1 saturated heterocycles. The molecule has 2 rings (SSSR count). The van der Waals surface area contributed by atoms with E-state index in [1.54, 1.807) is 13.2 Å². The van der Waals surface area contributed by atoms with Crippen LogP contribution in [0.25, 0.3) is 0 Å². The maximum atomic E-state index is 12.6. The molecule has 1 aromatic rings. The lowest BCUT2D eigenvalue weighted by atomic mass is 10.1. The molecule has 0 saturated carbocycles. The number of nitrogens with one attached hydrogen (secondary N) is 1. The van der Waals surface area contributed by atoms with Gasteiger partial charge in [0, 0.05) is 46.5 Å². The Kier molecular flexibility index (Phi) is 5.05. The Morgan fingerprint density at radius 2 is 2.00 bits per heavy atom. The number of carbonyl (C=O) groups is 2. The van der Waals surface area contributed by atoms with Crippen LogP contribution < -0.4 is 5.32 Å². The van der Waals surface area contributed by atoms with Crippen molar-refractivity contribution in [1.82, 2.24) is 24.3 Å². The third kappa shape index (κ3) is 4.08. The number of aryl methyl sites for hydroxylation is 1. The highest BCUT2D eigenvalue weighted by Gasteiger charge is 2.33. The van der Waals surface area contributed by atoms with Crippen molar-refractivity contribution in [1.29, 1.82) is 0 Å². The van der Waals surface area contributed by atoms with Gasteiger partial charge in [0.05, 0.1) is 23.9 Å². The first-order valence-corrected chi connectivity index (χ1v) is 9.02. The predicted molar refractivity (Wildman–Crippen MR) is 83.1 cm³/mol. The lowest BCUT2D eigenvalue weighted by Gasteiger charge is -2.22. The molecule has 10 heteroatoms. The number of hydrogen-bond acceptors (Lipinski definition) is 5. The summed E-state index contributed by atoms with van der Waals surface area (Å²) >= 11 is 0. The zero-order chi connectivity index (χ0) is 17.2. The van der Waals surface area contributed by atoms with E-state index < -0.39 is 15.9 Å². The molecule has 128 valence electrons. The molecule has 1 atom stereocenters. The minimum Gasteiger partial charge on any atom is -0.359 e. The van der Waals surface area contributed by atoms with E-state index in [0.717, 1.165) is 6.26 Å². The standard InChI is InChI=1S/C13H21N5O4S/c1-14-12(19)11-8-17(4-5-18(9-11)23(3,21)22)13(20)10-6-15-16(2)7-10/h6-7,11H,4-5,8-9H2,1-3H3,(H,14,19)/t11-/m0/s1. The Balaban J connectivity index is 2.24. The van der Waals surface area contributed by atoms with Crippen molar-refractivity contribution in [3.8, 4) is 0 Å². The fourth-order valence-electron chi connectivity index (χ4n) is 2.55. The van der Waals surface area contributed by atoms with E-state index in [-0.39, 0.29) is 38.0 Å². The van der Waals surface area contributed by atoms with Crippen LogP contribution in [0, 0.1) is 5.92 Å². The zero-order valence-corrected chi connectivity index (χ0v) is 14.2. The van der Waals surface area contributed by atoms with Crippen LogP contribution in [-0.2, 0) is 21.9 Å². The van der Waals surface area contributed by atoms with Gasteiger partial charge in [0.25, 0.3) is 5.91 Å². The second kappa shape index (κ2) is 6.67. The number of aromatic nitrogens is 2. The summed E-state index contributed by atoms with van der Waals surface area (Å²) in [6.07, 6.45) is 4.15. The van der Waals surface area contributed by atoms with Crippen LogP contribution in [0.15, 0.2) is 12.4 Å². The van der Waals surface area contributed by atoms with Gasteiger partial charge < -0.3 is 10.2 Å². The van der Waals surface area contributed by atoms with E-state index in [2.05, 4.69) is 10.4 Å². The molecule has 2 heterocycles. The molecule has 1 aromatic heterocycles. The first kappa shape index (κ1) is 17.4. The second-order valence-corrected chi connectivity index (χ2v) is 7.57. The summed E-state index contributed by atoms with van der Waals surface area (Å²) in [5.41, 5.74) is 0.413. The maximum absolute atomic E-state index is 12.6.